The quantitative estimate of drug-likeness (QED) is 0.104. The molecular weight excluding hydrogens is 1080 g/mol. The van der Waals surface area contributed by atoms with Crippen molar-refractivity contribution in [2.45, 2.75) is 101 Å². The summed E-state index contributed by atoms with van der Waals surface area (Å²) in [6.07, 6.45) is -0.736. The average Bonchev–Trinajstić information content (AvgIpc) is 4.07. The number of benzene rings is 4. The first-order valence-electron chi connectivity index (χ1n) is 21.3. The predicted molar refractivity (Wildman–Crippen MR) is 225 cm³/mol. The van der Waals surface area contributed by atoms with Gasteiger partial charge in [0.25, 0.3) is 0 Å². The van der Waals surface area contributed by atoms with Gasteiger partial charge in [-0.3, -0.25) is 0 Å². The van der Waals surface area contributed by atoms with Crippen LogP contribution in [0, 0.1) is 11.8 Å². The first kappa shape index (κ1) is 58.0. The Morgan fingerprint density at radius 2 is 0.841 bits per heavy atom. The molecule has 4 aromatic carbocycles. The van der Waals surface area contributed by atoms with Crippen molar-refractivity contribution in [1.29, 1.82) is 0 Å². The zero-order valence-corrected chi connectivity index (χ0v) is 41.4. The molecule has 0 heterocycles. The Morgan fingerprint density at radius 3 is 1.10 bits per heavy atom. The van der Waals surface area contributed by atoms with Gasteiger partial charge in [-0.1, -0.05) is 86.8 Å². The summed E-state index contributed by atoms with van der Waals surface area (Å²) >= 11 is 1.29. The molecular formula is C50H41Cl2F15SiZr-2. The third-order valence-corrected chi connectivity index (χ3v) is 14.4. The van der Waals surface area contributed by atoms with Crippen molar-refractivity contribution in [3.8, 4) is 22.3 Å². The molecule has 370 valence electrons. The van der Waals surface area contributed by atoms with E-state index in [0.29, 0.717) is 49.9 Å². The van der Waals surface area contributed by atoms with Gasteiger partial charge in [0.1, 0.15) is 0 Å². The van der Waals surface area contributed by atoms with Crippen LogP contribution in [0.25, 0.3) is 46.6 Å². The number of halogens is 17. The molecule has 0 spiro atoms. The van der Waals surface area contributed by atoms with E-state index in [4.69, 9.17) is 0 Å². The van der Waals surface area contributed by atoms with E-state index in [9.17, 15) is 65.9 Å². The number of hydrogen-bond acceptors (Lipinski definition) is 0. The molecule has 4 aromatic rings. The van der Waals surface area contributed by atoms with E-state index in [0.717, 1.165) is 86.8 Å². The zero-order chi connectivity index (χ0) is 49.1. The van der Waals surface area contributed by atoms with E-state index in [2.05, 4.69) is 24.3 Å². The maximum absolute atomic E-state index is 13.2. The normalized spacial score (nSPS) is 17.2. The van der Waals surface area contributed by atoms with E-state index in [1.165, 1.54) is 23.3 Å². The maximum Gasteiger partial charge on any atom is 0.416 e. The van der Waals surface area contributed by atoms with Gasteiger partial charge in [-0.25, -0.2) is 0 Å². The molecule has 19 heteroatoms. The number of allylic oxidation sites excluding steroid dienone is 4. The number of alkyl halides is 15. The molecule has 0 bridgehead atoms. The van der Waals surface area contributed by atoms with Crippen LogP contribution in [0.3, 0.4) is 0 Å². The summed E-state index contributed by atoms with van der Waals surface area (Å²) in [6, 6.07) is 13.7. The summed E-state index contributed by atoms with van der Waals surface area (Å²) in [6.45, 7) is 1.93. The van der Waals surface area contributed by atoms with Crippen molar-refractivity contribution in [3.63, 3.8) is 0 Å². The molecule has 4 aliphatic rings. The molecule has 2 fully saturated rings. The third kappa shape index (κ3) is 16.2. The van der Waals surface area contributed by atoms with Crippen LogP contribution < -0.4 is 45.7 Å². The molecule has 0 radical (unpaired) electrons. The van der Waals surface area contributed by atoms with Gasteiger partial charge in [0.2, 0.25) is 0 Å². The molecule has 0 aliphatic heterocycles. The fourth-order valence-electron chi connectivity index (χ4n) is 8.34. The topological polar surface area (TPSA) is 0 Å². The van der Waals surface area contributed by atoms with Gasteiger partial charge in [0.05, 0.1) is 22.3 Å². The van der Waals surface area contributed by atoms with Crippen LogP contribution in [0.15, 0.2) is 96.1 Å². The predicted octanol–water partition coefficient (Wildman–Crippen LogP) is 8.03. The second-order valence-corrected chi connectivity index (χ2v) is 25.2. The molecule has 0 atom stereocenters. The Morgan fingerprint density at radius 1 is 0.522 bits per heavy atom. The fourth-order valence-corrected chi connectivity index (χ4v) is 9.92. The first-order chi connectivity index (χ1) is 31.1. The minimum absolute atomic E-state index is 0. The summed E-state index contributed by atoms with van der Waals surface area (Å²) in [5.74, 6) is 0.883. The Kier molecular flexibility index (Phi) is 19.6. The van der Waals surface area contributed by atoms with Gasteiger partial charge >= 0.3 is 91.8 Å². The van der Waals surface area contributed by atoms with Gasteiger partial charge in [0, 0.05) is 0 Å². The monoisotopic (exact) mass is 1110 g/mol. The van der Waals surface area contributed by atoms with E-state index in [1.807, 2.05) is 6.55 Å². The zero-order valence-electron chi connectivity index (χ0n) is 36.4. The Labute approximate surface area is 416 Å². The maximum atomic E-state index is 13.2. The second-order valence-electron chi connectivity index (χ2n) is 16.9. The minimum Gasteiger partial charge on any atom is -1.00 e. The van der Waals surface area contributed by atoms with Crippen LogP contribution in [-0.2, 0) is 48.0 Å². The van der Waals surface area contributed by atoms with Gasteiger partial charge < -0.3 is 24.8 Å². The van der Waals surface area contributed by atoms with Crippen molar-refractivity contribution in [3.05, 3.63) is 139 Å². The molecule has 0 N–H and O–H groups in total. The number of rotatable bonds is 6. The summed E-state index contributed by atoms with van der Waals surface area (Å²) in [4.78, 5) is 0. The van der Waals surface area contributed by atoms with Crippen LogP contribution in [0.4, 0.5) is 65.9 Å². The molecule has 0 aromatic heterocycles. The summed E-state index contributed by atoms with van der Waals surface area (Å²) in [5.41, 5.74) is -3.72. The second kappa shape index (κ2) is 23.3. The average molecular weight is 1120 g/mol. The SMILES string of the molecule is C[Si](=[Zr+2])CCC(F)(F)F.FC(F)(F)c1cc(-c2cccc3c2=CC(=CC2CCCC2)[C-]=3)cc(C(F)(F)F)c1.FC(F)(F)c1cc(-c2cccc3c2=CC(=CC2CCCC2)[C-]=3)cc(C(F)(F)F)c1.[Cl-].[Cl-]. The summed E-state index contributed by atoms with van der Waals surface area (Å²) in [7, 11) is 0. The number of fused-ring (bicyclic) bond motifs is 2. The van der Waals surface area contributed by atoms with Crippen molar-refractivity contribution < 1.29 is 114 Å². The Hall–Kier alpha value is -3.53. The summed E-state index contributed by atoms with van der Waals surface area (Å²) < 4.78 is 193. The van der Waals surface area contributed by atoms with E-state index in [-0.39, 0.29) is 48.1 Å². The molecule has 2 saturated carbocycles. The molecule has 0 unspecified atom stereocenters. The summed E-state index contributed by atoms with van der Waals surface area (Å²) in [5, 5.41) is 2.56. The van der Waals surface area contributed by atoms with E-state index >= 15 is 0 Å². The van der Waals surface area contributed by atoms with Crippen molar-refractivity contribution in [2.75, 3.05) is 0 Å². The van der Waals surface area contributed by atoms with Gasteiger partial charge in [-0.2, -0.15) is 52.7 Å². The largest absolute Gasteiger partial charge is 1.00 e. The number of hydrogen-bond donors (Lipinski definition) is 0. The van der Waals surface area contributed by atoms with E-state index < -0.39 is 65.0 Å². The smallest absolute Gasteiger partial charge is 0.416 e. The Balaban J connectivity index is 0.000000250. The minimum atomic E-state index is -4.87. The molecule has 69 heavy (non-hydrogen) atoms. The van der Waals surface area contributed by atoms with E-state index in [1.54, 1.807) is 48.6 Å². The van der Waals surface area contributed by atoms with Gasteiger partial charge in [-0.05, 0) is 59.4 Å². The van der Waals surface area contributed by atoms with Gasteiger partial charge in [-0.15, -0.1) is 80.6 Å². The van der Waals surface area contributed by atoms with Crippen LogP contribution in [0.2, 0.25) is 12.6 Å². The molecule has 4 aliphatic carbocycles. The molecule has 8 rings (SSSR count). The van der Waals surface area contributed by atoms with Crippen LogP contribution >= 0.6 is 0 Å². The molecule has 0 nitrogen and oxygen atoms in total. The van der Waals surface area contributed by atoms with Gasteiger partial charge in [0.15, 0.2) is 0 Å². The molecule has 0 amide bonds. The van der Waals surface area contributed by atoms with Crippen LogP contribution in [0.5, 0.6) is 0 Å². The van der Waals surface area contributed by atoms with Crippen molar-refractivity contribution in [1.82, 2.24) is 0 Å². The van der Waals surface area contributed by atoms with Crippen LogP contribution in [0.1, 0.15) is 80.0 Å². The van der Waals surface area contributed by atoms with Crippen LogP contribution in [-0.4, -0.2) is 11.6 Å². The third-order valence-electron chi connectivity index (χ3n) is 11.6. The molecule has 0 saturated heterocycles. The standard InChI is InChI=1S/2C23H17F6.C4H7F3Si.2ClH.Zr/c2*24-22(25,26)18-11-17(12-19(13-18)23(27,28)29)20-7-3-6-16-9-15(10-21(16)20)8-14-4-1-2-5-14;1-8-3-2-4(5,6)7;;;/h2*3,6-8,10-14H,1-2,4-5H2;2-3H2,1H3;2*1H;/q2*-1;;;;+2/p-2. The van der Waals surface area contributed by atoms with Crippen molar-refractivity contribution >= 4 is 29.7 Å². The van der Waals surface area contributed by atoms with Crippen molar-refractivity contribution in [2.24, 2.45) is 11.8 Å². The Bertz CT molecular complexity index is 2550. The first-order valence-corrected chi connectivity index (χ1v) is 27.2. The fraction of sp³-hybridized carbons (Fsp3) is 0.360.